The van der Waals surface area contributed by atoms with Crippen molar-refractivity contribution in [1.29, 1.82) is 0 Å². The molecule has 0 aliphatic heterocycles. The van der Waals surface area contributed by atoms with E-state index in [1.807, 2.05) is 0 Å². The molecule has 96 valence electrons. The van der Waals surface area contributed by atoms with Crippen LogP contribution in [0.4, 0.5) is 8.78 Å². The number of methoxy groups -OCH3 is 2. The van der Waals surface area contributed by atoms with Crippen molar-refractivity contribution >= 4 is 15.9 Å². The lowest BCUT2D eigenvalue weighted by Gasteiger charge is -2.16. The van der Waals surface area contributed by atoms with Gasteiger partial charge in [0, 0.05) is 12.5 Å². The number of ether oxygens (including phenoxy) is 2. The molecule has 0 unspecified atom stereocenters. The molecule has 0 radical (unpaired) electrons. The van der Waals surface area contributed by atoms with Gasteiger partial charge in [-0.25, -0.2) is 8.78 Å². The third-order valence-electron chi connectivity index (χ3n) is 2.33. The first-order valence-electron chi connectivity index (χ1n) is 4.94. The highest BCUT2D eigenvalue weighted by molar-refractivity contribution is 9.10. The molecular formula is C11H14BrF2NO2. The SMILES string of the molecule is COc1cc([C@H](N)CC(F)F)cc(OC)c1Br. The van der Waals surface area contributed by atoms with Gasteiger partial charge in [-0.05, 0) is 33.6 Å². The minimum atomic E-state index is -2.44. The van der Waals surface area contributed by atoms with Crippen LogP contribution < -0.4 is 15.2 Å². The molecule has 0 aliphatic carbocycles. The quantitative estimate of drug-likeness (QED) is 0.909. The maximum absolute atomic E-state index is 12.3. The second-order valence-electron chi connectivity index (χ2n) is 3.47. The Bertz CT molecular complexity index is 363. The summed E-state index contributed by atoms with van der Waals surface area (Å²) in [6.07, 6.45) is -2.83. The second kappa shape index (κ2) is 6.16. The molecule has 0 fully saturated rings. The van der Waals surface area contributed by atoms with E-state index < -0.39 is 18.9 Å². The molecule has 0 bridgehead atoms. The number of halogens is 3. The van der Waals surface area contributed by atoms with Gasteiger partial charge < -0.3 is 15.2 Å². The number of rotatable bonds is 5. The van der Waals surface area contributed by atoms with E-state index in [0.29, 0.717) is 21.5 Å². The summed E-state index contributed by atoms with van der Waals surface area (Å²) in [6.45, 7) is 0. The van der Waals surface area contributed by atoms with Crippen LogP contribution in [0.1, 0.15) is 18.0 Å². The van der Waals surface area contributed by atoms with Crippen molar-refractivity contribution in [3.63, 3.8) is 0 Å². The lowest BCUT2D eigenvalue weighted by atomic mass is 10.0. The molecule has 1 atom stereocenters. The number of nitrogens with two attached hydrogens (primary N) is 1. The zero-order valence-electron chi connectivity index (χ0n) is 9.54. The van der Waals surface area contributed by atoms with Crippen molar-refractivity contribution in [2.75, 3.05) is 14.2 Å². The fraction of sp³-hybridized carbons (Fsp3) is 0.455. The number of benzene rings is 1. The average Bonchev–Trinajstić information content (AvgIpc) is 2.28. The highest BCUT2D eigenvalue weighted by Crippen LogP contribution is 2.37. The largest absolute Gasteiger partial charge is 0.495 e. The molecule has 1 rings (SSSR count). The molecule has 3 nitrogen and oxygen atoms in total. The van der Waals surface area contributed by atoms with E-state index in [4.69, 9.17) is 15.2 Å². The Hall–Kier alpha value is -0.880. The van der Waals surface area contributed by atoms with E-state index >= 15 is 0 Å². The van der Waals surface area contributed by atoms with Crippen LogP contribution in [0.2, 0.25) is 0 Å². The Morgan fingerprint density at radius 1 is 1.24 bits per heavy atom. The van der Waals surface area contributed by atoms with Gasteiger partial charge in [-0.2, -0.15) is 0 Å². The van der Waals surface area contributed by atoms with Crippen LogP contribution in [-0.2, 0) is 0 Å². The first-order valence-corrected chi connectivity index (χ1v) is 5.74. The molecule has 17 heavy (non-hydrogen) atoms. The number of alkyl halides is 2. The van der Waals surface area contributed by atoms with Crippen molar-refractivity contribution in [2.45, 2.75) is 18.9 Å². The molecule has 1 aromatic rings. The molecule has 0 spiro atoms. The van der Waals surface area contributed by atoms with Gasteiger partial charge in [0.05, 0.1) is 14.2 Å². The first kappa shape index (κ1) is 14.2. The zero-order chi connectivity index (χ0) is 13.0. The molecule has 0 heterocycles. The lowest BCUT2D eigenvalue weighted by Crippen LogP contribution is -2.14. The van der Waals surface area contributed by atoms with Crippen molar-refractivity contribution in [3.8, 4) is 11.5 Å². The summed E-state index contributed by atoms with van der Waals surface area (Å²) in [4.78, 5) is 0. The van der Waals surface area contributed by atoms with Crippen molar-refractivity contribution in [1.82, 2.24) is 0 Å². The maximum Gasteiger partial charge on any atom is 0.240 e. The van der Waals surface area contributed by atoms with E-state index in [-0.39, 0.29) is 0 Å². The monoisotopic (exact) mass is 309 g/mol. The summed E-state index contributed by atoms with van der Waals surface area (Å²) in [5, 5.41) is 0. The van der Waals surface area contributed by atoms with Gasteiger partial charge in [0.2, 0.25) is 6.43 Å². The topological polar surface area (TPSA) is 44.5 Å². The highest BCUT2D eigenvalue weighted by atomic mass is 79.9. The third kappa shape index (κ3) is 3.54. The maximum atomic E-state index is 12.3. The summed E-state index contributed by atoms with van der Waals surface area (Å²) >= 11 is 3.30. The minimum absolute atomic E-state index is 0.395. The second-order valence-corrected chi connectivity index (χ2v) is 4.27. The first-order chi connectivity index (χ1) is 7.99. The molecule has 0 saturated carbocycles. The normalized spacial score (nSPS) is 12.6. The van der Waals surface area contributed by atoms with Crippen LogP contribution in [-0.4, -0.2) is 20.6 Å². The minimum Gasteiger partial charge on any atom is -0.495 e. The number of hydrogen-bond donors (Lipinski definition) is 1. The molecule has 2 N–H and O–H groups in total. The Morgan fingerprint density at radius 3 is 2.06 bits per heavy atom. The van der Waals surface area contributed by atoms with Gasteiger partial charge in [-0.3, -0.25) is 0 Å². The average molecular weight is 310 g/mol. The van der Waals surface area contributed by atoms with E-state index in [2.05, 4.69) is 15.9 Å². The van der Waals surface area contributed by atoms with Crippen LogP contribution in [0, 0.1) is 0 Å². The molecule has 0 aromatic heterocycles. The Morgan fingerprint density at radius 2 is 1.71 bits per heavy atom. The van der Waals surface area contributed by atoms with E-state index in [1.54, 1.807) is 12.1 Å². The van der Waals surface area contributed by atoms with Crippen molar-refractivity contribution in [3.05, 3.63) is 22.2 Å². The van der Waals surface area contributed by atoms with Gasteiger partial charge in [-0.15, -0.1) is 0 Å². The van der Waals surface area contributed by atoms with E-state index in [9.17, 15) is 8.78 Å². The number of hydrogen-bond acceptors (Lipinski definition) is 3. The lowest BCUT2D eigenvalue weighted by molar-refractivity contribution is 0.128. The van der Waals surface area contributed by atoms with E-state index in [1.165, 1.54) is 14.2 Å². The van der Waals surface area contributed by atoms with Crippen LogP contribution in [0.25, 0.3) is 0 Å². The Balaban J connectivity index is 3.08. The van der Waals surface area contributed by atoms with Gasteiger partial charge in [-0.1, -0.05) is 0 Å². The molecular weight excluding hydrogens is 296 g/mol. The highest BCUT2D eigenvalue weighted by Gasteiger charge is 2.17. The summed E-state index contributed by atoms with van der Waals surface area (Å²) in [5.41, 5.74) is 6.24. The van der Waals surface area contributed by atoms with Gasteiger partial charge in [0.1, 0.15) is 16.0 Å². The molecule has 0 amide bonds. The third-order valence-corrected chi connectivity index (χ3v) is 3.11. The van der Waals surface area contributed by atoms with Crippen LogP contribution in [0.15, 0.2) is 16.6 Å². The fourth-order valence-electron chi connectivity index (χ4n) is 1.43. The molecule has 0 aliphatic rings. The molecule has 0 saturated heterocycles. The van der Waals surface area contributed by atoms with E-state index in [0.717, 1.165) is 0 Å². The predicted octanol–water partition coefficient (Wildman–Crippen LogP) is 3.12. The van der Waals surface area contributed by atoms with Crippen LogP contribution in [0.5, 0.6) is 11.5 Å². The summed E-state index contributed by atoms with van der Waals surface area (Å²) in [7, 11) is 2.98. The van der Waals surface area contributed by atoms with Crippen molar-refractivity contribution in [2.24, 2.45) is 5.73 Å². The van der Waals surface area contributed by atoms with Crippen molar-refractivity contribution < 1.29 is 18.3 Å². The Kier molecular flexibility index (Phi) is 5.14. The zero-order valence-corrected chi connectivity index (χ0v) is 11.1. The fourth-order valence-corrected chi connectivity index (χ4v) is 1.98. The summed E-state index contributed by atoms with van der Waals surface area (Å²) in [6, 6.07) is 2.50. The summed E-state index contributed by atoms with van der Waals surface area (Å²) < 4.78 is 35.4. The predicted molar refractivity (Wildman–Crippen MR) is 64.8 cm³/mol. The molecule has 6 heteroatoms. The molecule has 1 aromatic carbocycles. The smallest absolute Gasteiger partial charge is 0.240 e. The van der Waals surface area contributed by atoms with Gasteiger partial charge >= 0.3 is 0 Å². The standard InChI is InChI=1S/C11H14BrF2NO2/c1-16-8-3-6(7(15)5-10(13)14)4-9(17-2)11(8)12/h3-4,7,10H,5,15H2,1-2H3/t7-/m1/s1. The van der Waals surface area contributed by atoms with Crippen LogP contribution in [0.3, 0.4) is 0 Å². The summed E-state index contributed by atoms with van der Waals surface area (Å²) in [5.74, 6) is 1.01. The van der Waals surface area contributed by atoms with Gasteiger partial charge in [0.25, 0.3) is 0 Å². The van der Waals surface area contributed by atoms with Crippen LogP contribution >= 0.6 is 15.9 Å². The van der Waals surface area contributed by atoms with Gasteiger partial charge in [0.15, 0.2) is 0 Å². The Labute approximate surface area is 107 Å².